The highest BCUT2D eigenvalue weighted by atomic mass is 16.6. The summed E-state index contributed by atoms with van der Waals surface area (Å²) in [7, 11) is 0. The Morgan fingerprint density at radius 1 is 0.323 bits per heavy atom. The molecule has 698 valence electrons. The van der Waals surface area contributed by atoms with Crippen molar-refractivity contribution in [2.45, 2.75) is 315 Å². The van der Waals surface area contributed by atoms with Crippen LogP contribution in [0.3, 0.4) is 0 Å². The summed E-state index contributed by atoms with van der Waals surface area (Å²) in [5.74, 6) is -3.25. The molecule has 0 bridgehead atoms. The number of hydrogen-bond acceptors (Lipinski definition) is 18. The molecule has 22 nitrogen and oxygen atoms in total. The van der Waals surface area contributed by atoms with Crippen molar-refractivity contribution in [1.29, 1.82) is 0 Å². The molecule has 22 heteroatoms. The Labute approximate surface area is 757 Å². The van der Waals surface area contributed by atoms with Crippen LogP contribution in [0, 0.1) is 20.8 Å². The van der Waals surface area contributed by atoms with Crippen LogP contribution in [0.5, 0.6) is 0 Å². The van der Waals surface area contributed by atoms with Gasteiger partial charge in [0, 0.05) is 12.1 Å². The number of hydrogen-bond donors (Lipinski definition) is 4. The highest BCUT2D eigenvalue weighted by Gasteiger charge is 2.39. The summed E-state index contributed by atoms with van der Waals surface area (Å²) >= 11 is 0. The van der Waals surface area contributed by atoms with Gasteiger partial charge >= 0.3 is 59.9 Å². The van der Waals surface area contributed by atoms with Gasteiger partial charge in [-0.3, -0.25) is 38.9 Å². The van der Waals surface area contributed by atoms with Crippen molar-refractivity contribution in [2.24, 2.45) is 0 Å². The van der Waals surface area contributed by atoms with Crippen molar-refractivity contribution in [3.8, 4) is 0 Å². The summed E-state index contributed by atoms with van der Waals surface area (Å²) in [6.45, 7) is 63.8. The zero-order valence-corrected chi connectivity index (χ0v) is 82.3. The van der Waals surface area contributed by atoms with E-state index in [4.69, 9.17) is 43.0 Å². The first-order chi connectivity index (χ1) is 58.1. The number of carbonyl (C=O) groups excluding carboxylic acids is 8. The second-order valence-corrected chi connectivity index (χ2v) is 38.9. The van der Waals surface area contributed by atoms with Gasteiger partial charge < -0.3 is 53.4 Å². The standard InChI is InChI=1S/C22H33NO6.C22H33NO4.C15H22O2.C13H18O2.C12H16O2.C11H14O2.C10H12O2/c1-20(2,3)28-18(26)22(7,8)15-11-9-14(10-12-15)13-16(17(24)25)23-19(27)29-21(4,5)6;1-15(23-19(25)27-21(5,6)7)14-16-10-12-17(13-11-16)22(8,9)18(24)26-20(2,3)4;1-11-7-9-12(10-8-11)15(5,6)13(16)17-14(2,3)4;1-5-15-12(14)13(3,4)11-8-6-10(2)7-9-11;1-4-14-11(13)12(2,3)10-8-6-5-7-9-10;1-8-4-6-9(7-5-8)11(2,3)10(12)13;1-2-12-10(11)8-9-6-4-3-5-7-9/h9-12,16H,13H2,1-8H3,(H,23,27)(H,24,25);10-14H,1-9H3,(H,23,25);7-10H,1-6H3;6-9H,5H2,1-4H3;5-9H,4H2,1-3H3;4-7H,1-3H3,(H,12,13);3-7H,2,8H2,1H3/b;15-14-;;;;;. The maximum absolute atomic E-state index is 12.5. The summed E-state index contributed by atoms with van der Waals surface area (Å²) in [5.41, 5.74) is 5.27. The van der Waals surface area contributed by atoms with Gasteiger partial charge in [-0.15, -0.1) is 0 Å². The lowest BCUT2D eigenvalue weighted by molar-refractivity contribution is -0.161. The van der Waals surface area contributed by atoms with Gasteiger partial charge in [0.25, 0.3) is 0 Å². The first-order valence-corrected chi connectivity index (χ1v) is 42.9. The summed E-state index contributed by atoms with van der Waals surface area (Å²) in [6.07, 6.45) is 1.02. The molecule has 2 amide bonds. The number of alkyl carbamates (subject to hydrolysis) is 2. The number of nitrogens with one attached hydrogen (secondary N) is 2. The Kier molecular flexibility index (Phi) is 44.4. The van der Waals surface area contributed by atoms with Crippen molar-refractivity contribution in [3.63, 3.8) is 0 Å². The van der Waals surface area contributed by atoms with Crippen LogP contribution in [0.1, 0.15) is 281 Å². The van der Waals surface area contributed by atoms with E-state index in [0.717, 1.165) is 50.1 Å². The van der Waals surface area contributed by atoms with E-state index in [1.807, 2.05) is 344 Å². The molecule has 1 unspecified atom stereocenters. The molecule has 0 aliphatic heterocycles. The smallest absolute Gasteiger partial charge is 0.411 e. The number of benzene rings is 7. The topological polar surface area (TPSA) is 309 Å². The number of amides is 2. The summed E-state index contributed by atoms with van der Waals surface area (Å²) < 4.78 is 41.7. The monoisotopic (exact) mass is 1760 g/mol. The van der Waals surface area contributed by atoms with Gasteiger partial charge in [-0.1, -0.05) is 199 Å². The van der Waals surface area contributed by atoms with Crippen LogP contribution in [0.15, 0.2) is 188 Å². The van der Waals surface area contributed by atoms with Crippen LogP contribution in [-0.4, -0.2) is 124 Å². The molecule has 7 aromatic carbocycles. The van der Waals surface area contributed by atoms with Gasteiger partial charge in [0.2, 0.25) is 0 Å². The van der Waals surface area contributed by atoms with Crippen LogP contribution in [-0.2, 0) is 122 Å². The number of carbonyl (C=O) groups is 10. The molecular formula is C105H148N2O20. The minimum absolute atomic E-state index is 0.0850. The molecule has 1 atom stereocenters. The van der Waals surface area contributed by atoms with Gasteiger partial charge in [-0.05, 0) is 292 Å². The van der Waals surface area contributed by atoms with Crippen molar-refractivity contribution in [3.05, 3.63) is 254 Å². The zero-order valence-electron chi connectivity index (χ0n) is 82.3. The lowest BCUT2D eigenvalue weighted by Gasteiger charge is -2.29. The van der Waals surface area contributed by atoms with Crippen molar-refractivity contribution in [1.82, 2.24) is 10.6 Å². The number of rotatable bonds is 23. The van der Waals surface area contributed by atoms with E-state index in [1.165, 1.54) is 11.1 Å². The van der Waals surface area contributed by atoms with Crippen LogP contribution in [0.4, 0.5) is 9.59 Å². The van der Waals surface area contributed by atoms with E-state index < -0.39 is 90.7 Å². The molecule has 0 spiro atoms. The minimum atomic E-state index is -1.16. The number of aliphatic carboxylic acids is 2. The van der Waals surface area contributed by atoms with Gasteiger partial charge in [-0.25, -0.2) is 14.4 Å². The van der Waals surface area contributed by atoms with E-state index in [1.54, 1.807) is 79.7 Å². The number of carboxylic acid groups (broad SMARTS) is 2. The summed E-state index contributed by atoms with van der Waals surface area (Å²) in [4.78, 5) is 118. The average Bonchev–Trinajstić information content (AvgIpc) is 0.815. The number of allylic oxidation sites excluding steroid dienone is 1. The fraction of sp³-hybridized carbons (Fsp3) is 0.486. The predicted molar refractivity (Wildman–Crippen MR) is 504 cm³/mol. The van der Waals surface area contributed by atoms with Gasteiger partial charge in [0.05, 0.1) is 58.7 Å². The van der Waals surface area contributed by atoms with Gasteiger partial charge in [0.15, 0.2) is 0 Å². The van der Waals surface area contributed by atoms with Crippen LogP contribution in [0.2, 0.25) is 0 Å². The number of aryl methyl sites for hydroxylation is 3. The molecule has 0 radical (unpaired) electrons. The number of carboxylic acids is 2. The minimum Gasteiger partial charge on any atom is -0.481 e. The maximum atomic E-state index is 12.5. The third kappa shape index (κ3) is 42.6. The van der Waals surface area contributed by atoms with E-state index >= 15 is 0 Å². The normalized spacial score (nSPS) is 12.1. The molecule has 7 rings (SSSR count). The second kappa shape index (κ2) is 49.6. The highest BCUT2D eigenvalue weighted by Crippen LogP contribution is 2.33. The van der Waals surface area contributed by atoms with Crippen molar-refractivity contribution < 1.29 is 96.1 Å². The van der Waals surface area contributed by atoms with Crippen molar-refractivity contribution >= 4 is 66.0 Å². The summed E-state index contributed by atoms with van der Waals surface area (Å²) in [6, 6.07) is 56.3. The Hall–Kier alpha value is -11.4. The Morgan fingerprint density at radius 2 is 0.598 bits per heavy atom. The first-order valence-electron chi connectivity index (χ1n) is 42.9. The first kappa shape index (κ1) is 114. The van der Waals surface area contributed by atoms with Gasteiger partial charge in [0.1, 0.15) is 34.0 Å². The molecule has 0 aliphatic carbocycles. The Morgan fingerprint density at radius 3 is 0.898 bits per heavy atom. The molecule has 0 aliphatic rings. The van der Waals surface area contributed by atoms with Crippen LogP contribution >= 0.6 is 0 Å². The lowest BCUT2D eigenvalue weighted by atomic mass is 9.84. The molecule has 4 N–H and O–H groups in total. The Balaban J connectivity index is 0.000000760. The molecule has 0 saturated heterocycles. The molecular weight excluding hydrogens is 1610 g/mol. The quantitative estimate of drug-likeness (QED) is 0.0341. The fourth-order valence-corrected chi connectivity index (χ4v) is 11.0. The van der Waals surface area contributed by atoms with Crippen molar-refractivity contribution in [2.75, 3.05) is 19.8 Å². The third-order valence-corrected chi connectivity index (χ3v) is 19.0. The van der Waals surface area contributed by atoms with Crippen LogP contribution < -0.4 is 10.6 Å². The fourth-order valence-electron chi connectivity index (χ4n) is 11.0. The molecule has 127 heavy (non-hydrogen) atoms. The van der Waals surface area contributed by atoms with E-state index in [9.17, 15) is 53.1 Å². The van der Waals surface area contributed by atoms with E-state index in [0.29, 0.717) is 37.5 Å². The second-order valence-electron chi connectivity index (χ2n) is 38.9. The molecule has 0 fully saturated rings. The third-order valence-electron chi connectivity index (χ3n) is 19.0. The van der Waals surface area contributed by atoms with E-state index in [-0.39, 0.29) is 42.2 Å². The molecule has 0 aromatic heterocycles. The SMILES string of the molecule is C/C(=C/c1ccc(C(C)(C)C(=O)OC(C)(C)C)cc1)NC(=O)OC(C)(C)C.CC(C)(C)OC(=O)NC(Cc1ccc(C(C)(C)C(=O)OC(C)(C)C)cc1)C(=O)O.CCOC(=O)C(C)(C)c1ccc(C)cc1.CCOC(=O)C(C)(C)c1ccccc1.CCOC(=O)Cc1ccccc1.Cc1ccc(C(C)(C)C(=O)O)cc1.Cc1ccc(C(C)(C)C(=O)OC(C)(C)C)cc1. The molecule has 7 aromatic rings. The predicted octanol–water partition coefficient (Wildman–Crippen LogP) is 22.1. The largest absolute Gasteiger partial charge is 0.481 e. The maximum Gasteiger partial charge on any atom is 0.411 e. The highest BCUT2D eigenvalue weighted by molar-refractivity contribution is 5.86. The zero-order chi connectivity index (χ0) is 97.9. The number of esters is 6. The lowest BCUT2D eigenvalue weighted by Crippen LogP contribution is -2.44. The van der Waals surface area contributed by atoms with Crippen LogP contribution in [0.25, 0.3) is 6.08 Å². The van der Waals surface area contributed by atoms with E-state index in [2.05, 4.69) is 10.6 Å². The Bertz CT molecular complexity index is 4660. The van der Waals surface area contributed by atoms with Gasteiger partial charge in [-0.2, -0.15) is 0 Å². The molecule has 0 saturated carbocycles. The summed E-state index contributed by atoms with van der Waals surface area (Å²) in [5, 5.41) is 23.5. The number of ether oxygens (including phenoxy) is 8. The molecule has 0 heterocycles. The average molecular weight is 1760 g/mol.